The molecule has 1 N–H and O–H groups in total. The summed E-state index contributed by atoms with van der Waals surface area (Å²) in [5.41, 5.74) is 0.398. The Morgan fingerprint density at radius 3 is 2.36 bits per heavy atom. The Labute approximate surface area is 130 Å². The number of halogens is 1. The first-order chi connectivity index (χ1) is 10.2. The van der Waals surface area contributed by atoms with Gasteiger partial charge < -0.3 is 4.74 Å². The molecule has 0 fully saturated rings. The van der Waals surface area contributed by atoms with E-state index < -0.39 is 33.6 Å². The van der Waals surface area contributed by atoms with Crippen LogP contribution in [-0.2, 0) is 25.3 Å². The van der Waals surface area contributed by atoms with Gasteiger partial charge in [-0.3, -0.25) is 9.52 Å². The molecule has 0 aliphatic heterocycles. The van der Waals surface area contributed by atoms with Gasteiger partial charge in [0.1, 0.15) is 11.9 Å². The zero-order chi connectivity index (χ0) is 16.8. The van der Waals surface area contributed by atoms with E-state index in [1.165, 1.54) is 31.2 Å². The monoisotopic (exact) mass is 331 g/mol. The largest absolute Gasteiger partial charge is 0.369 e. The second kappa shape index (κ2) is 8.24. The van der Waals surface area contributed by atoms with Gasteiger partial charge in [0.15, 0.2) is 0 Å². The van der Waals surface area contributed by atoms with E-state index in [1.54, 1.807) is 0 Å². The van der Waals surface area contributed by atoms with Crippen molar-refractivity contribution < 1.29 is 22.3 Å². The molecule has 1 aromatic rings. The van der Waals surface area contributed by atoms with Gasteiger partial charge >= 0.3 is 0 Å². The minimum absolute atomic E-state index is 0.391. The second-order valence-electron chi connectivity index (χ2n) is 5.55. The highest BCUT2D eigenvalue weighted by molar-refractivity contribution is 7.89. The lowest BCUT2D eigenvalue weighted by molar-refractivity contribution is -0.130. The summed E-state index contributed by atoms with van der Waals surface area (Å²) >= 11 is 0. The number of nitrogens with one attached hydrogen (secondary N) is 1. The number of carbonyl (C=O) groups excluding carboxylic acids is 1. The highest BCUT2D eigenvalue weighted by atomic mass is 32.2. The summed E-state index contributed by atoms with van der Waals surface area (Å²) in [5.74, 6) is -1.10. The van der Waals surface area contributed by atoms with E-state index in [0.29, 0.717) is 18.1 Å². The summed E-state index contributed by atoms with van der Waals surface area (Å²) in [6.07, 6.45) is -0.0540. The van der Waals surface area contributed by atoms with E-state index >= 15 is 0 Å². The minimum Gasteiger partial charge on any atom is -0.369 e. The van der Waals surface area contributed by atoms with Crippen LogP contribution in [0.3, 0.4) is 0 Å². The Hall–Kier alpha value is -1.47. The fourth-order valence-corrected chi connectivity index (χ4v) is 2.80. The molecule has 0 aliphatic carbocycles. The molecule has 0 aliphatic rings. The third kappa shape index (κ3) is 7.00. The zero-order valence-electron chi connectivity index (χ0n) is 13.0. The average molecular weight is 331 g/mol. The maximum atomic E-state index is 12.8. The molecule has 1 atom stereocenters. The quantitative estimate of drug-likeness (QED) is 0.793. The SMILES string of the molecule is CC(C)CCO[C@@H](C)C(=O)NS(=O)(=O)Cc1ccc(F)cc1. The first-order valence-corrected chi connectivity index (χ1v) is 8.75. The lowest BCUT2D eigenvalue weighted by atomic mass is 10.1. The van der Waals surface area contributed by atoms with Crippen LogP contribution in [0.25, 0.3) is 0 Å². The van der Waals surface area contributed by atoms with Gasteiger partial charge in [-0.05, 0) is 37.0 Å². The van der Waals surface area contributed by atoms with Gasteiger partial charge in [-0.1, -0.05) is 26.0 Å². The van der Waals surface area contributed by atoms with Crippen LogP contribution < -0.4 is 4.72 Å². The summed E-state index contributed by atoms with van der Waals surface area (Å²) in [6.45, 7) is 5.95. The molecule has 0 unspecified atom stereocenters. The van der Waals surface area contributed by atoms with Gasteiger partial charge in [0.25, 0.3) is 5.91 Å². The van der Waals surface area contributed by atoms with Crippen LogP contribution in [0.4, 0.5) is 4.39 Å². The summed E-state index contributed by atoms with van der Waals surface area (Å²) in [5, 5.41) is 0. The summed E-state index contributed by atoms with van der Waals surface area (Å²) in [6, 6.07) is 5.07. The maximum Gasteiger partial charge on any atom is 0.262 e. The molecular weight excluding hydrogens is 309 g/mol. The van der Waals surface area contributed by atoms with Crippen molar-refractivity contribution in [2.75, 3.05) is 6.61 Å². The zero-order valence-corrected chi connectivity index (χ0v) is 13.8. The Morgan fingerprint density at radius 1 is 1.23 bits per heavy atom. The molecule has 0 bridgehead atoms. The van der Waals surface area contributed by atoms with E-state index in [9.17, 15) is 17.6 Å². The third-order valence-electron chi connectivity index (χ3n) is 2.96. The van der Waals surface area contributed by atoms with E-state index in [2.05, 4.69) is 0 Å². The van der Waals surface area contributed by atoms with Gasteiger partial charge in [0.05, 0.1) is 5.75 Å². The van der Waals surface area contributed by atoms with Gasteiger partial charge in [-0.15, -0.1) is 0 Å². The number of rotatable bonds is 8. The van der Waals surface area contributed by atoms with Gasteiger partial charge in [0.2, 0.25) is 10.0 Å². The average Bonchev–Trinajstić information content (AvgIpc) is 2.40. The van der Waals surface area contributed by atoms with Crippen LogP contribution >= 0.6 is 0 Å². The fourth-order valence-electron chi connectivity index (χ4n) is 1.63. The smallest absolute Gasteiger partial charge is 0.262 e. The number of benzene rings is 1. The molecule has 7 heteroatoms. The van der Waals surface area contributed by atoms with E-state index in [-0.39, 0.29) is 0 Å². The molecule has 0 saturated carbocycles. The van der Waals surface area contributed by atoms with Crippen molar-refractivity contribution in [1.82, 2.24) is 4.72 Å². The Morgan fingerprint density at radius 2 is 1.82 bits per heavy atom. The Bertz CT molecular complexity index is 584. The summed E-state index contributed by atoms with van der Waals surface area (Å²) < 4.78 is 43.8. The normalized spacial score (nSPS) is 13.1. The van der Waals surface area contributed by atoms with Crippen molar-refractivity contribution >= 4 is 15.9 Å². The van der Waals surface area contributed by atoms with Gasteiger partial charge in [0, 0.05) is 6.61 Å². The van der Waals surface area contributed by atoms with Crippen molar-refractivity contribution in [3.63, 3.8) is 0 Å². The molecular formula is C15H22FNO4S. The number of amides is 1. The number of ether oxygens (including phenoxy) is 1. The lowest BCUT2D eigenvalue weighted by Gasteiger charge is -2.14. The van der Waals surface area contributed by atoms with Crippen molar-refractivity contribution in [3.05, 3.63) is 35.6 Å². The predicted octanol–water partition coefficient (Wildman–Crippen LogP) is 2.22. The first kappa shape index (κ1) is 18.6. The number of hydrogen-bond donors (Lipinski definition) is 1. The standard InChI is InChI=1S/C15H22FNO4S/c1-11(2)8-9-21-12(3)15(18)17-22(19,20)10-13-4-6-14(16)7-5-13/h4-7,11-12H,8-10H2,1-3H3,(H,17,18)/t12-/m0/s1. The van der Waals surface area contributed by atoms with Crippen LogP contribution in [-0.4, -0.2) is 27.0 Å². The second-order valence-corrected chi connectivity index (χ2v) is 7.27. The van der Waals surface area contributed by atoms with Crippen molar-refractivity contribution in [2.24, 2.45) is 5.92 Å². The molecule has 5 nitrogen and oxygen atoms in total. The van der Waals surface area contributed by atoms with Crippen LogP contribution in [0.5, 0.6) is 0 Å². The molecule has 1 amide bonds. The predicted molar refractivity (Wildman–Crippen MR) is 82.0 cm³/mol. The van der Waals surface area contributed by atoms with E-state index in [4.69, 9.17) is 4.74 Å². The Kier molecular flexibility index (Phi) is 6.96. The molecule has 124 valence electrons. The van der Waals surface area contributed by atoms with Crippen molar-refractivity contribution in [3.8, 4) is 0 Å². The van der Waals surface area contributed by atoms with Gasteiger partial charge in [-0.25, -0.2) is 12.8 Å². The van der Waals surface area contributed by atoms with Crippen molar-refractivity contribution in [2.45, 2.75) is 39.0 Å². The lowest BCUT2D eigenvalue weighted by Crippen LogP contribution is -2.39. The molecule has 1 rings (SSSR count). The van der Waals surface area contributed by atoms with Crippen LogP contribution in [0.15, 0.2) is 24.3 Å². The molecule has 0 radical (unpaired) electrons. The van der Waals surface area contributed by atoms with Crippen LogP contribution in [0, 0.1) is 11.7 Å². The highest BCUT2D eigenvalue weighted by Crippen LogP contribution is 2.07. The molecule has 22 heavy (non-hydrogen) atoms. The van der Waals surface area contributed by atoms with E-state index in [1.807, 2.05) is 18.6 Å². The minimum atomic E-state index is -3.84. The maximum absolute atomic E-state index is 12.8. The van der Waals surface area contributed by atoms with Crippen LogP contribution in [0.2, 0.25) is 0 Å². The van der Waals surface area contributed by atoms with Gasteiger partial charge in [-0.2, -0.15) is 0 Å². The highest BCUT2D eigenvalue weighted by Gasteiger charge is 2.20. The first-order valence-electron chi connectivity index (χ1n) is 7.10. The molecule has 0 aromatic heterocycles. The topological polar surface area (TPSA) is 72.5 Å². The molecule has 0 saturated heterocycles. The summed E-state index contributed by atoms with van der Waals surface area (Å²) in [7, 11) is -3.84. The molecule has 0 spiro atoms. The molecule has 1 aromatic carbocycles. The summed E-state index contributed by atoms with van der Waals surface area (Å²) in [4.78, 5) is 11.8. The fraction of sp³-hybridized carbons (Fsp3) is 0.533. The number of sulfonamides is 1. The number of carbonyl (C=O) groups is 1. The molecule has 0 heterocycles. The van der Waals surface area contributed by atoms with Crippen molar-refractivity contribution in [1.29, 1.82) is 0 Å². The number of hydrogen-bond acceptors (Lipinski definition) is 4. The van der Waals surface area contributed by atoms with E-state index in [0.717, 1.165) is 6.42 Å². The van der Waals surface area contributed by atoms with Crippen LogP contribution in [0.1, 0.15) is 32.8 Å². The Balaban J connectivity index is 2.52. The third-order valence-corrected chi connectivity index (χ3v) is 4.18.